The highest BCUT2D eigenvalue weighted by molar-refractivity contribution is 5.21. The third kappa shape index (κ3) is 4.30. The second kappa shape index (κ2) is 6.51. The van der Waals surface area contributed by atoms with Crippen molar-refractivity contribution in [2.75, 3.05) is 33.7 Å². The van der Waals surface area contributed by atoms with Crippen LogP contribution in [0.25, 0.3) is 0 Å². The van der Waals surface area contributed by atoms with E-state index in [1.807, 2.05) is 0 Å². The lowest BCUT2D eigenvalue weighted by atomic mass is 10.1. The van der Waals surface area contributed by atoms with Gasteiger partial charge >= 0.3 is 0 Å². The Labute approximate surface area is 117 Å². The Morgan fingerprint density at radius 2 is 1.95 bits per heavy atom. The van der Waals surface area contributed by atoms with E-state index in [2.05, 4.69) is 67.3 Å². The number of likely N-dealkylation sites (N-methyl/N-ethyl adjacent to an activating group) is 1. The second-order valence-electron chi connectivity index (χ2n) is 6.13. The topological polar surface area (TPSA) is 18.5 Å². The summed E-state index contributed by atoms with van der Waals surface area (Å²) in [6, 6.07) is 10.1. The smallest absolute Gasteiger partial charge is 0.0323 e. The molecule has 0 spiro atoms. The van der Waals surface area contributed by atoms with Crippen LogP contribution in [0.5, 0.6) is 0 Å². The van der Waals surface area contributed by atoms with Crippen LogP contribution in [-0.4, -0.2) is 55.6 Å². The molecule has 1 aromatic carbocycles. The molecule has 2 atom stereocenters. The number of nitrogens with zero attached hydrogens (tertiary/aromatic N) is 2. The summed E-state index contributed by atoms with van der Waals surface area (Å²) >= 11 is 0. The number of hydrogen-bond acceptors (Lipinski definition) is 3. The maximum atomic E-state index is 3.64. The number of hydrogen-bond donors (Lipinski definition) is 1. The number of nitrogens with one attached hydrogen (secondary N) is 1. The van der Waals surface area contributed by atoms with Crippen molar-refractivity contribution in [1.29, 1.82) is 0 Å². The number of aryl methyl sites for hydroxylation is 1. The lowest BCUT2D eigenvalue weighted by Crippen LogP contribution is -2.57. The quantitative estimate of drug-likeness (QED) is 0.890. The summed E-state index contributed by atoms with van der Waals surface area (Å²) < 4.78 is 0. The van der Waals surface area contributed by atoms with Crippen LogP contribution in [-0.2, 0) is 6.54 Å². The van der Waals surface area contributed by atoms with Gasteiger partial charge in [-0.05, 0) is 33.5 Å². The molecule has 0 saturated carbocycles. The summed E-state index contributed by atoms with van der Waals surface area (Å²) in [7, 11) is 4.29. The molecule has 0 amide bonds. The molecule has 1 aliphatic heterocycles. The summed E-state index contributed by atoms with van der Waals surface area (Å²) in [6.07, 6.45) is 0. The van der Waals surface area contributed by atoms with Crippen molar-refractivity contribution in [2.24, 2.45) is 0 Å². The van der Waals surface area contributed by atoms with Crippen molar-refractivity contribution < 1.29 is 0 Å². The molecule has 1 heterocycles. The summed E-state index contributed by atoms with van der Waals surface area (Å²) in [4.78, 5) is 4.85. The van der Waals surface area contributed by atoms with Gasteiger partial charge in [0.2, 0.25) is 0 Å². The molecule has 1 aromatic rings. The average molecular weight is 261 g/mol. The average Bonchev–Trinajstić information content (AvgIpc) is 2.35. The number of rotatable bonds is 4. The summed E-state index contributed by atoms with van der Waals surface area (Å²) in [6.45, 7) is 8.85. The Morgan fingerprint density at radius 3 is 2.58 bits per heavy atom. The molecule has 19 heavy (non-hydrogen) atoms. The van der Waals surface area contributed by atoms with Gasteiger partial charge in [-0.3, -0.25) is 4.90 Å². The molecule has 0 aromatic heterocycles. The van der Waals surface area contributed by atoms with Crippen molar-refractivity contribution >= 4 is 0 Å². The predicted octanol–water partition coefficient (Wildman–Crippen LogP) is 1.72. The van der Waals surface area contributed by atoms with E-state index in [0.29, 0.717) is 12.1 Å². The zero-order valence-electron chi connectivity index (χ0n) is 12.7. The van der Waals surface area contributed by atoms with Crippen molar-refractivity contribution in [2.45, 2.75) is 32.5 Å². The highest BCUT2D eigenvalue weighted by Gasteiger charge is 2.24. The summed E-state index contributed by atoms with van der Waals surface area (Å²) in [5.74, 6) is 0. The minimum Gasteiger partial charge on any atom is -0.310 e. The minimum atomic E-state index is 0.580. The molecule has 1 aliphatic rings. The first-order chi connectivity index (χ1) is 9.04. The van der Waals surface area contributed by atoms with Gasteiger partial charge in [0.15, 0.2) is 0 Å². The number of benzene rings is 1. The standard InChI is InChI=1S/C16H27N3/c1-13-5-7-15(8-6-13)10-19-12-16(11-18(3)4)17-9-14(19)2/h5-8,14,16-17H,9-12H2,1-4H3. The van der Waals surface area contributed by atoms with E-state index in [-0.39, 0.29) is 0 Å². The molecule has 1 N–H and O–H groups in total. The van der Waals surface area contributed by atoms with E-state index in [9.17, 15) is 0 Å². The Morgan fingerprint density at radius 1 is 1.26 bits per heavy atom. The highest BCUT2D eigenvalue weighted by atomic mass is 15.2. The molecule has 0 radical (unpaired) electrons. The van der Waals surface area contributed by atoms with E-state index in [0.717, 1.165) is 26.2 Å². The zero-order chi connectivity index (χ0) is 13.8. The van der Waals surface area contributed by atoms with E-state index < -0.39 is 0 Å². The molecule has 0 bridgehead atoms. The fourth-order valence-corrected chi connectivity index (χ4v) is 2.71. The van der Waals surface area contributed by atoms with Crippen molar-refractivity contribution in [3.63, 3.8) is 0 Å². The molecule has 106 valence electrons. The first-order valence-corrected chi connectivity index (χ1v) is 7.22. The summed E-state index contributed by atoms with van der Waals surface area (Å²) in [5.41, 5.74) is 2.76. The fraction of sp³-hybridized carbons (Fsp3) is 0.625. The van der Waals surface area contributed by atoms with Gasteiger partial charge in [-0.2, -0.15) is 0 Å². The largest absolute Gasteiger partial charge is 0.310 e. The fourth-order valence-electron chi connectivity index (χ4n) is 2.71. The van der Waals surface area contributed by atoms with Gasteiger partial charge in [0.25, 0.3) is 0 Å². The molecular weight excluding hydrogens is 234 g/mol. The highest BCUT2D eigenvalue weighted by Crippen LogP contribution is 2.13. The lowest BCUT2D eigenvalue weighted by molar-refractivity contribution is 0.121. The molecule has 2 unspecified atom stereocenters. The molecule has 1 saturated heterocycles. The van der Waals surface area contributed by atoms with Gasteiger partial charge in [-0.1, -0.05) is 29.8 Å². The molecule has 3 nitrogen and oxygen atoms in total. The van der Waals surface area contributed by atoms with Crippen molar-refractivity contribution in [1.82, 2.24) is 15.1 Å². The molecule has 3 heteroatoms. The van der Waals surface area contributed by atoms with Crippen LogP contribution in [0.4, 0.5) is 0 Å². The van der Waals surface area contributed by atoms with Gasteiger partial charge in [-0.25, -0.2) is 0 Å². The third-order valence-electron chi connectivity index (χ3n) is 3.87. The van der Waals surface area contributed by atoms with Crippen molar-refractivity contribution in [3.05, 3.63) is 35.4 Å². The van der Waals surface area contributed by atoms with Crippen LogP contribution in [0.1, 0.15) is 18.1 Å². The Kier molecular flexibility index (Phi) is 4.97. The number of piperazine rings is 1. The van der Waals surface area contributed by atoms with Crippen LogP contribution >= 0.6 is 0 Å². The molecule has 1 fully saturated rings. The third-order valence-corrected chi connectivity index (χ3v) is 3.87. The van der Waals surface area contributed by atoms with E-state index in [1.165, 1.54) is 11.1 Å². The molecule has 2 rings (SSSR count). The normalized spacial score (nSPS) is 24.9. The van der Waals surface area contributed by atoms with Crippen LogP contribution in [0, 0.1) is 6.92 Å². The predicted molar refractivity (Wildman–Crippen MR) is 81.4 cm³/mol. The van der Waals surface area contributed by atoms with E-state index >= 15 is 0 Å². The maximum Gasteiger partial charge on any atom is 0.0323 e. The van der Waals surface area contributed by atoms with Gasteiger partial charge in [0.05, 0.1) is 0 Å². The lowest BCUT2D eigenvalue weighted by Gasteiger charge is -2.39. The zero-order valence-corrected chi connectivity index (χ0v) is 12.7. The van der Waals surface area contributed by atoms with E-state index in [1.54, 1.807) is 0 Å². The summed E-state index contributed by atoms with van der Waals surface area (Å²) in [5, 5.41) is 3.64. The van der Waals surface area contributed by atoms with Gasteiger partial charge < -0.3 is 10.2 Å². The first-order valence-electron chi connectivity index (χ1n) is 7.22. The minimum absolute atomic E-state index is 0.580. The first kappa shape index (κ1) is 14.5. The van der Waals surface area contributed by atoms with Gasteiger partial charge in [-0.15, -0.1) is 0 Å². The second-order valence-corrected chi connectivity index (χ2v) is 6.13. The maximum absolute atomic E-state index is 3.64. The van der Waals surface area contributed by atoms with Gasteiger partial charge in [0, 0.05) is 38.3 Å². The Balaban J connectivity index is 1.95. The van der Waals surface area contributed by atoms with Gasteiger partial charge in [0.1, 0.15) is 0 Å². The molecular formula is C16H27N3. The molecule has 0 aliphatic carbocycles. The van der Waals surface area contributed by atoms with Crippen molar-refractivity contribution in [3.8, 4) is 0 Å². The SMILES string of the molecule is Cc1ccc(CN2CC(CN(C)C)NCC2C)cc1. The van der Waals surface area contributed by atoms with Crippen LogP contribution in [0.3, 0.4) is 0 Å². The Hall–Kier alpha value is -0.900. The van der Waals surface area contributed by atoms with E-state index in [4.69, 9.17) is 0 Å². The Bertz CT molecular complexity index is 385. The monoisotopic (exact) mass is 261 g/mol. The van der Waals surface area contributed by atoms with Crippen LogP contribution in [0.2, 0.25) is 0 Å². The van der Waals surface area contributed by atoms with Crippen LogP contribution < -0.4 is 5.32 Å². The van der Waals surface area contributed by atoms with Crippen LogP contribution in [0.15, 0.2) is 24.3 Å².